The Morgan fingerprint density at radius 1 is 1.10 bits per heavy atom. The van der Waals surface area contributed by atoms with Crippen molar-refractivity contribution in [2.45, 2.75) is 19.6 Å². The summed E-state index contributed by atoms with van der Waals surface area (Å²) < 4.78 is 0. The zero-order valence-corrected chi connectivity index (χ0v) is 13.0. The van der Waals surface area contributed by atoms with Gasteiger partial charge in [0, 0.05) is 28.3 Å². The van der Waals surface area contributed by atoms with E-state index in [9.17, 15) is 5.11 Å². The van der Waals surface area contributed by atoms with Gasteiger partial charge in [0.05, 0.1) is 12.6 Å². The summed E-state index contributed by atoms with van der Waals surface area (Å²) in [5.74, 6) is 0. The average Bonchev–Trinajstić information content (AvgIpc) is 2.45. The third-order valence-corrected chi connectivity index (χ3v) is 3.97. The second kappa shape index (κ2) is 6.49. The quantitative estimate of drug-likeness (QED) is 0.886. The number of anilines is 1. The first-order chi connectivity index (χ1) is 9.52. The van der Waals surface area contributed by atoms with E-state index in [2.05, 4.69) is 11.8 Å². The van der Waals surface area contributed by atoms with Crippen molar-refractivity contribution in [2.75, 3.05) is 11.9 Å². The van der Waals surface area contributed by atoms with Gasteiger partial charge >= 0.3 is 0 Å². The van der Waals surface area contributed by atoms with E-state index in [1.54, 1.807) is 6.07 Å². The first-order valence-electron chi connectivity index (χ1n) is 6.40. The zero-order chi connectivity index (χ0) is 14.7. The number of nitrogens with zero attached hydrogens (tertiary/aromatic N) is 1. The lowest BCUT2D eigenvalue weighted by Crippen LogP contribution is -2.22. The minimum Gasteiger partial charge on any atom is -0.392 e. The van der Waals surface area contributed by atoms with Gasteiger partial charge in [0.15, 0.2) is 0 Å². The summed E-state index contributed by atoms with van der Waals surface area (Å²) in [4.78, 5) is 2.10. The van der Waals surface area contributed by atoms with Gasteiger partial charge in [-0.25, -0.2) is 0 Å². The Kier molecular flexibility index (Phi) is 4.92. The molecule has 0 amide bonds. The Morgan fingerprint density at radius 3 is 2.45 bits per heavy atom. The lowest BCUT2D eigenvalue weighted by molar-refractivity contribution is 0.282. The van der Waals surface area contributed by atoms with Crippen molar-refractivity contribution in [2.24, 2.45) is 0 Å². The van der Waals surface area contributed by atoms with Crippen molar-refractivity contribution in [3.63, 3.8) is 0 Å². The Hall–Kier alpha value is -1.22. The van der Waals surface area contributed by atoms with Crippen LogP contribution < -0.4 is 4.90 Å². The number of hydrogen-bond donors (Lipinski definition) is 1. The van der Waals surface area contributed by atoms with Crippen molar-refractivity contribution in [1.29, 1.82) is 0 Å². The van der Waals surface area contributed by atoms with Crippen LogP contribution in [0, 0.1) is 0 Å². The van der Waals surface area contributed by atoms with Gasteiger partial charge in [-0.05, 0) is 42.8 Å². The summed E-state index contributed by atoms with van der Waals surface area (Å²) in [6, 6.07) is 13.5. The van der Waals surface area contributed by atoms with Crippen molar-refractivity contribution in [1.82, 2.24) is 0 Å². The fourth-order valence-electron chi connectivity index (χ4n) is 2.22. The lowest BCUT2D eigenvalue weighted by Gasteiger charge is -2.29. The highest BCUT2D eigenvalue weighted by molar-refractivity contribution is 6.31. The molecule has 2 rings (SSSR count). The van der Waals surface area contributed by atoms with E-state index < -0.39 is 0 Å². The molecule has 4 heteroatoms. The molecule has 0 fully saturated rings. The minimum atomic E-state index is -0.0392. The topological polar surface area (TPSA) is 23.5 Å². The van der Waals surface area contributed by atoms with Crippen molar-refractivity contribution in [3.8, 4) is 0 Å². The largest absolute Gasteiger partial charge is 0.392 e. The summed E-state index contributed by atoms with van der Waals surface area (Å²) in [7, 11) is 1.99. The molecular formula is C16H17Cl2NO. The predicted molar refractivity (Wildman–Crippen MR) is 85.6 cm³/mol. The first-order valence-corrected chi connectivity index (χ1v) is 7.16. The number of aliphatic hydroxyl groups is 1. The molecule has 0 radical (unpaired) electrons. The van der Waals surface area contributed by atoms with Crippen LogP contribution in [0.25, 0.3) is 0 Å². The van der Waals surface area contributed by atoms with Gasteiger partial charge < -0.3 is 10.0 Å². The van der Waals surface area contributed by atoms with Gasteiger partial charge in [-0.1, -0.05) is 35.3 Å². The standard InChI is InChI=1S/C16H17Cl2NO/c1-11(12-4-3-5-14(17)8-12)19(2)16-7-6-15(18)9-13(16)10-20/h3-9,11,20H,10H2,1-2H3. The van der Waals surface area contributed by atoms with Crippen molar-refractivity contribution < 1.29 is 5.11 Å². The van der Waals surface area contributed by atoms with Gasteiger partial charge in [-0.15, -0.1) is 0 Å². The van der Waals surface area contributed by atoms with E-state index in [0.29, 0.717) is 5.02 Å². The fourth-order valence-corrected chi connectivity index (χ4v) is 2.62. The average molecular weight is 310 g/mol. The van der Waals surface area contributed by atoms with Crippen LogP contribution in [0.3, 0.4) is 0 Å². The van der Waals surface area contributed by atoms with Gasteiger partial charge in [0.1, 0.15) is 0 Å². The van der Waals surface area contributed by atoms with E-state index >= 15 is 0 Å². The summed E-state index contributed by atoms with van der Waals surface area (Å²) in [5, 5.41) is 10.8. The van der Waals surface area contributed by atoms with Crippen LogP contribution >= 0.6 is 23.2 Å². The molecule has 1 unspecified atom stereocenters. The molecule has 0 saturated carbocycles. The van der Waals surface area contributed by atoms with E-state index in [1.807, 2.05) is 43.4 Å². The fraction of sp³-hybridized carbons (Fsp3) is 0.250. The highest BCUT2D eigenvalue weighted by Gasteiger charge is 2.15. The van der Waals surface area contributed by atoms with Crippen LogP contribution in [0.4, 0.5) is 5.69 Å². The highest BCUT2D eigenvalue weighted by atomic mass is 35.5. The predicted octanol–water partition coefficient (Wildman–Crippen LogP) is 4.68. The number of rotatable bonds is 4. The zero-order valence-electron chi connectivity index (χ0n) is 11.5. The first kappa shape index (κ1) is 15.2. The minimum absolute atomic E-state index is 0.0392. The molecule has 0 saturated heterocycles. The number of halogens is 2. The molecule has 0 spiro atoms. The van der Waals surface area contributed by atoms with Gasteiger partial charge in [0.25, 0.3) is 0 Å². The molecule has 2 nitrogen and oxygen atoms in total. The monoisotopic (exact) mass is 309 g/mol. The highest BCUT2D eigenvalue weighted by Crippen LogP contribution is 2.30. The Bertz CT molecular complexity index is 601. The molecule has 0 aliphatic carbocycles. The molecule has 0 heterocycles. The van der Waals surface area contributed by atoms with Gasteiger partial charge in [-0.3, -0.25) is 0 Å². The molecule has 0 aromatic heterocycles. The van der Waals surface area contributed by atoms with Gasteiger partial charge in [0.2, 0.25) is 0 Å². The second-order valence-corrected chi connectivity index (χ2v) is 5.65. The Morgan fingerprint density at radius 2 is 1.80 bits per heavy atom. The van der Waals surface area contributed by atoms with Crippen LogP contribution in [0.1, 0.15) is 24.1 Å². The smallest absolute Gasteiger partial charge is 0.0702 e. The molecule has 0 aliphatic rings. The Balaban J connectivity index is 2.33. The summed E-state index contributed by atoms with van der Waals surface area (Å²) in [6.45, 7) is 2.06. The Labute approximate surface area is 129 Å². The normalized spacial score (nSPS) is 12.2. The molecular weight excluding hydrogens is 293 g/mol. The molecule has 2 aromatic carbocycles. The lowest BCUT2D eigenvalue weighted by atomic mass is 10.1. The van der Waals surface area contributed by atoms with Crippen molar-refractivity contribution in [3.05, 3.63) is 63.6 Å². The van der Waals surface area contributed by atoms with Crippen LogP contribution in [0.15, 0.2) is 42.5 Å². The third-order valence-electron chi connectivity index (χ3n) is 3.50. The second-order valence-electron chi connectivity index (χ2n) is 4.77. The maximum Gasteiger partial charge on any atom is 0.0702 e. The number of benzene rings is 2. The van der Waals surface area contributed by atoms with E-state index in [-0.39, 0.29) is 12.6 Å². The van der Waals surface area contributed by atoms with Gasteiger partial charge in [-0.2, -0.15) is 0 Å². The van der Waals surface area contributed by atoms with E-state index in [4.69, 9.17) is 23.2 Å². The van der Waals surface area contributed by atoms with Crippen LogP contribution in [-0.2, 0) is 6.61 Å². The molecule has 1 atom stereocenters. The van der Waals surface area contributed by atoms with Crippen LogP contribution in [0.2, 0.25) is 10.0 Å². The molecule has 20 heavy (non-hydrogen) atoms. The summed E-state index contributed by atoms with van der Waals surface area (Å²) in [5.41, 5.74) is 2.90. The summed E-state index contributed by atoms with van der Waals surface area (Å²) >= 11 is 12.0. The molecule has 0 bridgehead atoms. The molecule has 1 N–H and O–H groups in total. The van der Waals surface area contributed by atoms with Crippen molar-refractivity contribution >= 4 is 28.9 Å². The number of hydrogen-bond acceptors (Lipinski definition) is 2. The van der Waals surface area contributed by atoms with E-state index in [0.717, 1.165) is 21.8 Å². The van der Waals surface area contributed by atoms with E-state index in [1.165, 1.54) is 0 Å². The van der Waals surface area contributed by atoms with Crippen LogP contribution in [0.5, 0.6) is 0 Å². The third kappa shape index (κ3) is 3.26. The number of aliphatic hydroxyl groups excluding tert-OH is 1. The molecule has 2 aromatic rings. The molecule has 0 aliphatic heterocycles. The van der Waals surface area contributed by atoms with Crippen LogP contribution in [-0.4, -0.2) is 12.2 Å². The summed E-state index contributed by atoms with van der Waals surface area (Å²) in [6.07, 6.45) is 0. The maximum atomic E-state index is 9.48. The maximum absolute atomic E-state index is 9.48. The SMILES string of the molecule is CC(c1cccc(Cl)c1)N(C)c1ccc(Cl)cc1CO. The molecule has 106 valence electrons.